The zero-order valence-electron chi connectivity index (χ0n) is 31.6. The van der Waals surface area contributed by atoms with Crippen molar-refractivity contribution in [2.75, 3.05) is 0 Å². The summed E-state index contributed by atoms with van der Waals surface area (Å²) in [5.74, 6) is 0.710. The summed E-state index contributed by atoms with van der Waals surface area (Å²) in [7, 11) is 0. The van der Waals surface area contributed by atoms with Crippen LogP contribution in [0.4, 0.5) is 0 Å². The number of benzene rings is 8. The van der Waals surface area contributed by atoms with Gasteiger partial charge in [-0.1, -0.05) is 153 Å². The third kappa shape index (κ3) is 4.44. The second kappa shape index (κ2) is 11.8. The third-order valence-electron chi connectivity index (χ3n) is 12.2. The molecule has 0 spiro atoms. The summed E-state index contributed by atoms with van der Waals surface area (Å²) in [6, 6.07) is 65.4. The van der Waals surface area contributed by atoms with Gasteiger partial charge in [0.1, 0.15) is 0 Å². The van der Waals surface area contributed by atoms with Crippen molar-refractivity contribution >= 4 is 54.5 Å². The lowest BCUT2D eigenvalue weighted by molar-refractivity contribution is 0.664. The first-order valence-electron chi connectivity index (χ1n) is 19.7. The van der Waals surface area contributed by atoms with E-state index < -0.39 is 0 Å². The SMILES string of the molecule is CC1(C)c2ccccc2-c2c1c1c(c3ccccc3n1-c1cccc(-c3nc(-c4ccccc4)c4ccccc4n3)c1)c1c3ccccc3n(-c3ccccc3)c21. The van der Waals surface area contributed by atoms with Crippen LogP contribution in [0.3, 0.4) is 0 Å². The molecule has 0 amide bonds. The summed E-state index contributed by atoms with van der Waals surface area (Å²) in [6.07, 6.45) is 0. The second-order valence-electron chi connectivity index (χ2n) is 15.7. The van der Waals surface area contributed by atoms with Crippen LogP contribution in [-0.4, -0.2) is 19.1 Å². The lowest BCUT2D eigenvalue weighted by Crippen LogP contribution is -2.16. The van der Waals surface area contributed by atoms with Crippen LogP contribution in [0.1, 0.15) is 25.0 Å². The Morgan fingerprint density at radius 2 is 1.02 bits per heavy atom. The van der Waals surface area contributed by atoms with Gasteiger partial charge < -0.3 is 9.13 Å². The monoisotopic (exact) mass is 728 g/mol. The van der Waals surface area contributed by atoms with Gasteiger partial charge in [-0.25, -0.2) is 9.97 Å². The van der Waals surface area contributed by atoms with Crippen molar-refractivity contribution in [1.29, 1.82) is 0 Å². The molecule has 0 aliphatic heterocycles. The van der Waals surface area contributed by atoms with Crippen molar-refractivity contribution in [3.8, 4) is 45.1 Å². The molecule has 3 heterocycles. The maximum absolute atomic E-state index is 5.28. The molecule has 8 aromatic carbocycles. The Kier molecular flexibility index (Phi) is 6.65. The number of hydrogen-bond donors (Lipinski definition) is 0. The molecule has 0 fully saturated rings. The van der Waals surface area contributed by atoms with E-state index in [1.165, 1.54) is 65.9 Å². The molecule has 12 rings (SSSR count). The highest BCUT2D eigenvalue weighted by Gasteiger charge is 2.41. The topological polar surface area (TPSA) is 35.6 Å². The molecule has 0 N–H and O–H groups in total. The molecule has 0 atom stereocenters. The van der Waals surface area contributed by atoms with Crippen LogP contribution in [0.5, 0.6) is 0 Å². The average molecular weight is 729 g/mol. The van der Waals surface area contributed by atoms with Crippen molar-refractivity contribution in [3.05, 3.63) is 193 Å². The molecule has 3 aromatic heterocycles. The summed E-state index contributed by atoms with van der Waals surface area (Å²) in [5.41, 5.74) is 16.1. The minimum atomic E-state index is -0.286. The third-order valence-corrected chi connectivity index (χ3v) is 12.2. The van der Waals surface area contributed by atoms with E-state index in [2.05, 4.69) is 199 Å². The predicted octanol–water partition coefficient (Wildman–Crippen LogP) is 13.5. The summed E-state index contributed by atoms with van der Waals surface area (Å²) in [4.78, 5) is 10.5. The summed E-state index contributed by atoms with van der Waals surface area (Å²) >= 11 is 0. The minimum absolute atomic E-state index is 0.286. The molecule has 0 bridgehead atoms. The van der Waals surface area contributed by atoms with Gasteiger partial charge in [0.05, 0.1) is 33.3 Å². The van der Waals surface area contributed by atoms with E-state index in [1.54, 1.807) is 0 Å². The molecule has 4 nitrogen and oxygen atoms in total. The highest BCUT2D eigenvalue weighted by Crippen LogP contribution is 2.58. The normalized spacial score (nSPS) is 13.2. The first kappa shape index (κ1) is 32.0. The van der Waals surface area contributed by atoms with Gasteiger partial charge in [0.25, 0.3) is 0 Å². The Balaban J connectivity index is 1.23. The van der Waals surface area contributed by atoms with Crippen LogP contribution < -0.4 is 0 Å². The molecule has 268 valence electrons. The first-order chi connectivity index (χ1) is 28.1. The molecule has 0 unspecified atom stereocenters. The van der Waals surface area contributed by atoms with Gasteiger partial charge >= 0.3 is 0 Å². The summed E-state index contributed by atoms with van der Waals surface area (Å²) in [6.45, 7) is 4.82. The molecule has 57 heavy (non-hydrogen) atoms. The van der Waals surface area contributed by atoms with E-state index in [0.717, 1.165) is 39.1 Å². The molecule has 1 aliphatic rings. The van der Waals surface area contributed by atoms with Crippen molar-refractivity contribution in [2.24, 2.45) is 0 Å². The summed E-state index contributed by atoms with van der Waals surface area (Å²) < 4.78 is 5.03. The Hall–Kier alpha value is -7.30. The van der Waals surface area contributed by atoms with E-state index >= 15 is 0 Å². The fraction of sp³-hybridized carbons (Fsp3) is 0.0566. The van der Waals surface area contributed by atoms with Crippen molar-refractivity contribution < 1.29 is 0 Å². The maximum Gasteiger partial charge on any atom is 0.160 e. The fourth-order valence-electron chi connectivity index (χ4n) is 9.87. The second-order valence-corrected chi connectivity index (χ2v) is 15.7. The quantitative estimate of drug-likeness (QED) is 0.181. The number of hydrogen-bond acceptors (Lipinski definition) is 2. The first-order valence-corrected chi connectivity index (χ1v) is 19.7. The Morgan fingerprint density at radius 3 is 1.77 bits per heavy atom. The summed E-state index contributed by atoms with van der Waals surface area (Å²) in [5, 5.41) is 6.10. The Bertz CT molecular complexity index is 3420. The average Bonchev–Trinajstić information content (AvgIpc) is 3.87. The van der Waals surface area contributed by atoms with Gasteiger partial charge in [0.15, 0.2) is 5.82 Å². The van der Waals surface area contributed by atoms with Crippen LogP contribution in [-0.2, 0) is 5.41 Å². The lowest BCUT2D eigenvalue weighted by Gasteiger charge is -2.24. The van der Waals surface area contributed by atoms with E-state index in [-0.39, 0.29) is 5.41 Å². The molecule has 11 aromatic rings. The number of para-hydroxylation sites is 4. The number of aromatic nitrogens is 4. The van der Waals surface area contributed by atoms with Crippen LogP contribution in [0.15, 0.2) is 182 Å². The Morgan fingerprint density at radius 1 is 0.456 bits per heavy atom. The van der Waals surface area contributed by atoms with Gasteiger partial charge in [-0.15, -0.1) is 0 Å². The Labute approximate surface area is 329 Å². The zero-order chi connectivity index (χ0) is 37.8. The molecular weight excluding hydrogens is 693 g/mol. The fourth-order valence-corrected chi connectivity index (χ4v) is 9.87. The van der Waals surface area contributed by atoms with E-state index in [9.17, 15) is 0 Å². The largest absolute Gasteiger partial charge is 0.309 e. The van der Waals surface area contributed by atoms with E-state index in [4.69, 9.17) is 9.97 Å². The van der Waals surface area contributed by atoms with Crippen molar-refractivity contribution in [3.63, 3.8) is 0 Å². The molecule has 4 heteroatoms. The number of fused-ring (bicyclic) bond motifs is 13. The molecule has 1 aliphatic carbocycles. The van der Waals surface area contributed by atoms with Gasteiger partial charge in [0, 0.05) is 60.4 Å². The maximum atomic E-state index is 5.28. The van der Waals surface area contributed by atoms with E-state index in [0.29, 0.717) is 5.82 Å². The predicted molar refractivity (Wildman–Crippen MR) is 237 cm³/mol. The van der Waals surface area contributed by atoms with Crippen molar-refractivity contribution in [2.45, 2.75) is 19.3 Å². The lowest BCUT2D eigenvalue weighted by atomic mass is 9.81. The molecule has 0 saturated carbocycles. The standard InChI is InChI=1S/C53H36N4/c1-53(2)41-28-13-9-24-37(41)47-48(53)51-46(45-39-26-11-15-30-43(39)56(50(45)47)35-21-7-4-8-22-35)40-27-12-16-31-44(40)57(51)36-23-17-20-34(32-36)52-54-42-29-14-10-25-38(42)49(55-52)33-18-5-3-6-19-33/h3-32H,1-2H3. The molecule has 0 radical (unpaired) electrons. The van der Waals surface area contributed by atoms with Crippen molar-refractivity contribution in [1.82, 2.24) is 19.1 Å². The van der Waals surface area contributed by atoms with Gasteiger partial charge in [-0.3, -0.25) is 0 Å². The van der Waals surface area contributed by atoms with Crippen LogP contribution in [0.2, 0.25) is 0 Å². The van der Waals surface area contributed by atoms with Crippen LogP contribution in [0.25, 0.3) is 99.7 Å². The van der Waals surface area contributed by atoms with E-state index in [1.807, 2.05) is 6.07 Å². The van der Waals surface area contributed by atoms with Gasteiger partial charge in [-0.2, -0.15) is 0 Å². The number of nitrogens with zero attached hydrogens (tertiary/aromatic N) is 4. The van der Waals surface area contributed by atoms with Gasteiger partial charge in [-0.05, 0) is 59.2 Å². The highest BCUT2D eigenvalue weighted by atomic mass is 15.0. The molecule has 0 saturated heterocycles. The zero-order valence-corrected chi connectivity index (χ0v) is 31.6. The smallest absolute Gasteiger partial charge is 0.160 e. The van der Waals surface area contributed by atoms with Gasteiger partial charge in [0.2, 0.25) is 0 Å². The number of rotatable bonds is 4. The minimum Gasteiger partial charge on any atom is -0.309 e. The van der Waals surface area contributed by atoms with Crippen LogP contribution in [0, 0.1) is 0 Å². The highest BCUT2D eigenvalue weighted by molar-refractivity contribution is 6.33. The molecular formula is C53H36N4. The van der Waals surface area contributed by atoms with Crippen LogP contribution >= 0.6 is 0 Å².